The van der Waals surface area contributed by atoms with E-state index in [0.29, 0.717) is 23.2 Å². The van der Waals surface area contributed by atoms with Gasteiger partial charge in [-0.15, -0.1) is 0 Å². The van der Waals surface area contributed by atoms with Crippen molar-refractivity contribution in [3.8, 4) is 23.1 Å². The van der Waals surface area contributed by atoms with Crippen LogP contribution >= 0.6 is 0 Å². The van der Waals surface area contributed by atoms with Crippen LogP contribution in [0.2, 0.25) is 0 Å². The van der Waals surface area contributed by atoms with Crippen molar-refractivity contribution in [2.45, 2.75) is 44.5 Å². The molecule has 0 unspecified atom stereocenters. The first-order valence-electron chi connectivity index (χ1n) is 15.8. The van der Waals surface area contributed by atoms with E-state index in [1.54, 1.807) is 6.07 Å². The number of alkyl halides is 6. The zero-order valence-electron chi connectivity index (χ0n) is 27.3. The Balaban J connectivity index is 0.000000183. The average molecular weight is 715 g/mol. The summed E-state index contributed by atoms with van der Waals surface area (Å²) in [5.74, 6) is 0.0150. The number of anilines is 2. The van der Waals surface area contributed by atoms with Crippen LogP contribution in [0.4, 0.5) is 38.0 Å². The van der Waals surface area contributed by atoms with Gasteiger partial charge in [-0.25, -0.2) is 29.9 Å². The minimum atomic E-state index is -4.64. The van der Waals surface area contributed by atoms with Crippen LogP contribution < -0.4 is 20.5 Å². The number of imidazole rings is 2. The van der Waals surface area contributed by atoms with Crippen LogP contribution in [-0.2, 0) is 12.4 Å². The van der Waals surface area contributed by atoms with Crippen LogP contribution in [0.15, 0.2) is 61.2 Å². The number of benzene rings is 2. The molecule has 51 heavy (non-hydrogen) atoms. The molecule has 1 aliphatic rings. The summed E-state index contributed by atoms with van der Waals surface area (Å²) in [6.07, 6.45) is 2.03. The molecule has 0 bridgehead atoms. The van der Waals surface area contributed by atoms with Crippen LogP contribution in [0.5, 0.6) is 11.5 Å². The molecule has 0 aliphatic heterocycles. The molecule has 7 rings (SSSR count). The number of halogens is 6. The summed E-state index contributed by atoms with van der Waals surface area (Å²) >= 11 is 0. The van der Waals surface area contributed by atoms with Crippen molar-refractivity contribution in [1.82, 2.24) is 39.0 Å². The molecule has 0 saturated heterocycles. The van der Waals surface area contributed by atoms with Gasteiger partial charge in [-0.05, 0) is 43.0 Å². The molecule has 12 nitrogen and oxygen atoms in total. The van der Waals surface area contributed by atoms with E-state index in [1.807, 2.05) is 0 Å². The topological polar surface area (TPSA) is 144 Å². The zero-order chi connectivity index (χ0) is 36.3. The first-order valence-corrected chi connectivity index (χ1v) is 15.8. The summed E-state index contributed by atoms with van der Waals surface area (Å²) in [4.78, 5) is 23.6. The van der Waals surface area contributed by atoms with Crippen molar-refractivity contribution in [1.29, 1.82) is 0 Å². The van der Waals surface area contributed by atoms with Crippen LogP contribution in [-0.4, -0.2) is 59.8 Å². The Morgan fingerprint density at radius 1 is 0.706 bits per heavy atom. The Bertz CT molecular complexity index is 2110. The standard InChI is InChI=1S/C20H22F3N5O.C13H10F3N5O/c1-29-14-7-8-16-15(9-14)27-19(20(21,22)23)28(16)18-12-25-17(11-26-18)24-10-13-5-3-2-4-6-13;1-22-7-2-3-8-9(4-7)21(12(20-8)13(14,15)16)11-6-18-10(17)5-19-11/h7-9,11-13H,2-6,10H2,1H3,(H,24,25);2-6H,1H3,(H2,17,18). The van der Waals surface area contributed by atoms with Crippen molar-refractivity contribution in [2.24, 2.45) is 5.92 Å². The lowest BCUT2D eigenvalue weighted by molar-refractivity contribution is -0.146. The normalized spacial score (nSPS) is 14.0. The molecule has 1 fully saturated rings. The molecule has 4 heterocycles. The Hall–Kier alpha value is -5.68. The van der Waals surface area contributed by atoms with E-state index in [2.05, 4.69) is 35.2 Å². The Kier molecular flexibility index (Phi) is 9.84. The van der Waals surface area contributed by atoms with Gasteiger partial charge in [-0.1, -0.05) is 19.3 Å². The number of hydrogen-bond acceptors (Lipinski definition) is 10. The van der Waals surface area contributed by atoms with Crippen LogP contribution in [0, 0.1) is 5.92 Å². The predicted octanol–water partition coefficient (Wildman–Crippen LogP) is 7.26. The van der Waals surface area contributed by atoms with E-state index in [-0.39, 0.29) is 39.5 Å². The summed E-state index contributed by atoms with van der Waals surface area (Å²) in [5, 5.41) is 3.25. The summed E-state index contributed by atoms with van der Waals surface area (Å²) < 4.78 is 92.5. The van der Waals surface area contributed by atoms with Gasteiger partial charge in [-0.3, -0.25) is 9.13 Å². The molecule has 0 spiro atoms. The summed E-state index contributed by atoms with van der Waals surface area (Å²) in [6, 6.07) is 9.03. The number of fused-ring (bicyclic) bond motifs is 2. The Morgan fingerprint density at radius 2 is 1.29 bits per heavy atom. The van der Waals surface area contributed by atoms with E-state index in [9.17, 15) is 26.3 Å². The van der Waals surface area contributed by atoms with Gasteiger partial charge in [0.15, 0.2) is 11.6 Å². The van der Waals surface area contributed by atoms with Crippen LogP contribution in [0.3, 0.4) is 0 Å². The van der Waals surface area contributed by atoms with E-state index < -0.39 is 24.0 Å². The third-order valence-corrected chi connectivity index (χ3v) is 8.28. The van der Waals surface area contributed by atoms with Crippen molar-refractivity contribution >= 4 is 33.7 Å². The lowest BCUT2D eigenvalue weighted by atomic mass is 9.89. The summed E-state index contributed by atoms with van der Waals surface area (Å²) in [7, 11) is 2.88. The average Bonchev–Trinajstić information content (AvgIpc) is 3.71. The SMILES string of the molecule is COc1ccc2c(c1)nc(C(F)(F)F)n2-c1cnc(NCC2CCCCC2)cn1.COc1ccc2nc(C(F)(F)F)n(-c3cnc(N)cn3)c2c1. The van der Waals surface area contributed by atoms with Gasteiger partial charge in [-0.2, -0.15) is 26.3 Å². The quantitative estimate of drug-likeness (QED) is 0.162. The van der Waals surface area contributed by atoms with Gasteiger partial charge in [0.25, 0.3) is 0 Å². The maximum atomic E-state index is 13.6. The molecule has 4 aromatic heterocycles. The monoisotopic (exact) mass is 714 g/mol. The highest BCUT2D eigenvalue weighted by atomic mass is 19.4. The third-order valence-electron chi connectivity index (χ3n) is 8.28. The number of methoxy groups -OCH3 is 2. The number of ether oxygens (including phenoxy) is 2. The van der Waals surface area contributed by atoms with E-state index in [4.69, 9.17) is 15.2 Å². The third kappa shape index (κ3) is 7.73. The van der Waals surface area contributed by atoms with E-state index in [1.165, 1.54) is 95.2 Å². The lowest BCUT2D eigenvalue weighted by Crippen LogP contribution is -2.18. The predicted molar refractivity (Wildman–Crippen MR) is 176 cm³/mol. The lowest BCUT2D eigenvalue weighted by Gasteiger charge is -2.21. The molecule has 1 aliphatic carbocycles. The van der Waals surface area contributed by atoms with E-state index >= 15 is 0 Å². The van der Waals surface area contributed by atoms with Crippen molar-refractivity contribution in [3.05, 3.63) is 72.8 Å². The smallest absolute Gasteiger partial charge is 0.450 e. The molecule has 2 aromatic carbocycles. The number of nitrogen functional groups attached to an aromatic ring is 1. The molecule has 0 amide bonds. The molecular weight excluding hydrogens is 682 g/mol. The highest BCUT2D eigenvalue weighted by molar-refractivity contribution is 5.80. The van der Waals surface area contributed by atoms with Gasteiger partial charge in [0, 0.05) is 18.7 Å². The molecule has 3 N–H and O–H groups in total. The summed E-state index contributed by atoms with van der Waals surface area (Å²) in [6.45, 7) is 0.801. The Morgan fingerprint density at radius 3 is 1.88 bits per heavy atom. The van der Waals surface area contributed by atoms with Crippen molar-refractivity contribution in [2.75, 3.05) is 31.8 Å². The number of rotatable bonds is 7. The number of hydrogen-bond donors (Lipinski definition) is 2. The molecule has 0 radical (unpaired) electrons. The van der Waals surface area contributed by atoms with Crippen LogP contribution in [0.1, 0.15) is 43.8 Å². The molecule has 268 valence electrons. The van der Waals surface area contributed by atoms with Crippen molar-refractivity contribution in [3.63, 3.8) is 0 Å². The number of nitrogens with zero attached hydrogens (tertiary/aromatic N) is 8. The second-order valence-corrected chi connectivity index (χ2v) is 11.7. The number of nitrogens with one attached hydrogen (secondary N) is 1. The maximum absolute atomic E-state index is 13.6. The van der Waals surface area contributed by atoms with Gasteiger partial charge >= 0.3 is 12.4 Å². The largest absolute Gasteiger partial charge is 0.497 e. The highest BCUT2D eigenvalue weighted by Gasteiger charge is 2.39. The zero-order valence-corrected chi connectivity index (χ0v) is 27.3. The fourth-order valence-corrected chi connectivity index (χ4v) is 5.83. The van der Waals surface area contributed by atoms with Crippen molar-refractivity contribution < 1.29 is 35.8 Å². The van der Waals surface area contributed by atoms with Gasteiger partial charge in [0.2, 0.25) is 11.6 Å². The maximum Gasteiger partial charge on any atom is 0.450 e. The van der Waals surface area contributed by atoms with Gasteiger partial charge in [0.1, 0.15) is 23.1 Å². The second kappa shape index (κ2) is 14.3. The number of nitrogens with two attached hydrogens (primary N) is 1. The second-order valence-electron chi connectivity index (χ2n) is 11.7. The first-order chi connectivity index (χ1) is 24.4. The molecular formula is C33H32F6N10O2. The molecule has 6 aromatic rings. The van der Waals surface area contributed by atoms with Gasteiger partial charge < -0.3 is 20.5 Å². The molecule has 1 saturated carbocycles. The van der Waals surface area contributed by atoms with Gasteiger partial charge in [0.05, 0.1) is 61.1 Å². The Labute approximate surface area is 286 Å². The molecule has 0 atom stereocenters. The highest BCUT2D eigenvalue weighted by Crippen LogP contribution is 2.36. The fourth-order valence-electron chi connectivity index (χ4n) is 5.83. The summed E-state index contributed by atoms with van der Waals surface area (Å²) in [5.41, 5.74) is 6.27. The first kappa shape index (κ1) is 35.2. The van der Waals surface area contributed by atoms with Crippen LogP contribution in [0.25, 0.3) is 33.7 Å². The minimum Gasteiger partial charge on any atom is -0.497 e. The molecule has 18 heteroatoms. The van der Waals surface area contributed by atoms with E-state index in [0.717, 1.165) is 21.9 Å². The number of aromatic nitrogens is 8. The fraction of sp³-hybridized carbons (Fsp3) is 0.333. The minimum absolute atomic E-state index is 0.0303.